The lowest BCUT2D eigenvalue weighted by atomic mass is 10.00. The van der Waals surface area contributed by atoms with Gasteiger partial charge in [0.15, 0.2) is 5.78 Å². The van der Waals surface area contributed by atoms with Gasteiger partial charge < -0.3 is 4.18 Å². The molecule has 0 fully saturated rings. The maximum absolute atomic E-state index is 12.6. The van der Waals surface area contributed by atoms with Crippen LogP contribution in [0.2, 0.25) is 0 Å². The molecule has 4 nitrogen and oxygen atoms in total. The number of carbonyl (C=O) groups excluding carboxylic acids is 1. The molecule has 0 bridgehead atoms. The van der Waals surface area contributed by atoms with Crippen LogP contribution in [0, 0.1) is 0 Å². The molecule has 0 saturated heterocycles. The van der Waals surface area contributed by atoms with Gasteiger partial charge in [0.05, 0.1) is 0 Å². The molecule has 0 atom stereocenters. The van der Waals surface area contributed by atoms with Crippen LogP contribution in [0.5, 0.6) is 5.75 Å². The van der Waals surface area contributed by atoms with Crippen LogP contribution in [-0.2, 0) is 23.0 Å². The Hall–Kier alpha value is -1.57. The Balaban J connectivity index is 2.33. The van der Waals surface area contributed by atoms with Gasteiger partial charge in [-0.15, -0.1) is 0 Å². The number of hydrogen-bond acceptors (Lipinski definition) is 4. The fourth-order valence-corrected chi connectivity index (χ4v) is 3.19. The molecule has 0 radical (unpaired) electrons. The molecule has 0 aromatic heterocycles. The summed E-state index contributed by atoms with van der Waals surface area (Å²) in [6.45, 7) is 2.03. The summed E-state index contributed by atoms with van der Waals surface area (Å²) in [4.78, 5) is 11.8. The van der Waals surface area contributed by atoms with Gasteiger partial charge in [0.2, 0.25) is 0 Å². The van der Waals surface area contributed by atoms with Gasteiger partial charge in [0.25, 0.3) is 0 Å². The number of unbranched alkanes of at least 4 members (excludes halogenated alkanes) is 3. The summed E-state index contributed by atoms with van der Waals surface area (Å²) < 4.78 is 64.6. The zero-order valence-electron chi connectivity index (χ0n) is 13.3. The van der Waals surface area contributed by atoms with Crippen LogP contribution in [0.4, 0.5) is 13.2 Å². The summed E-state index contributed by atoms with van der Waals surface area (Å²) in [6.07, 6.45) is 4.79. The van der Waals surface area contributed by atoms with Crippen molar-refractivity contribution in [3.8, 4) is 5.75 Å². The van der Waals surface area contributed by atoms with E-state index >= 15 is 0 Å². The highest BCUT2D eigenvalue weighted by Crippen LogP contribution is 2.34. The van der Waals surface area contributed by atoms with Gasteiger partial charge in [-0.05, 0) is 36.5 Å². The predicted octanol–water partition coefficient (Wildman–Crippen LogP) is 4.17. The van der Waals surface area contributed by atoms with Crippen molar-refractivity contribution >= 4 is 15.9 Å². The Morgan fingerprint density at radius 3 is 2.46 bits per heavy atom. The SMILES string of the molecule is CCCCCCc1cc2c(cc1OS(=O)(=O)C(F)(F)F)C(=O)CC2. The fraction of sp³-hybridized carbons (Fsp3) is 0.562. The molecular formula is C16H19F3O4S. The summed E-state index contributed by atoms with van der Waals surface area (Å²) in [5.41, 5.74) is -4.12. The van der Waals surface area contributed by atoms with Crippen molar-refractivity contribution in [2.45, 2.75) is 57.4 Å². The Morgan fingerprint density at radius 1 is 1.12 bits per heavy atom. The van der Waals surface area contributed by atoms with E-state index in [4.69, 9.17) is 0 Å². The maximum atomic E-state index is 12.6. The Kier molecular flexibility index (Phi) is 5.57. The molecular weight excluding hydrogens is 345 g/mol. The van der Waals surface area contributed by atoms with Crippen LogP contribution in [-0.4, -0.2) is 19.7 Å². The van der Waals surface area contributed by atoms with E-state index in [9.17, 15) is 26.4 Å². The lowest BCUT2D eigenvalue weighted by Gasteiger charge is -2.14. The number of benzene rings is 1. The van der Waals surface area contributed by atoms with Crippen molar-refractivity contribution < 1.29 is 30.6 Å². The number of aryl methyl sites for hydroxylation is 2. The molecule has 0 saturated carbocycles. The molecule has 24 heavy (non-hydrogen) atoms. The van der Waals surface area contributed by atoms with Crippen molar-refractivity contribution in [1.82, 2.24) is 0 Å². The number of rotatable bonds is 7. The molecule has 1 aromatic carbocycles. The zero-order chi connectivity index (χ0) is 18.0. The minimum Gasteiger partial charge on any atom is -0.376 e. The number of alkyl halides is 3. The summed E-state index contributed by atoms with van der Waals surface area (Å²) in [6, 6.07) is 2.75. The number of halogens is 3. The minimum absolute atomic E-state index is 0.211. The molecule has 1 aliphatic rings. The van der Waals surface area contributed by atoms with Gasteiger partial charge in [0, 0.05) is 12.0 Å². The van der Waals surface area contributed by atoms with Gasteiger partial charge in [0.1, 0.15) is 5.75 Å². The van der Waals surface area contributed by atoms with Crippen molar-refractivity contribution in [1.29, 1.82) is 0 Å². The first-order valence-corrected chi connectivity index (χ1v) is 9.26. The fourth-order valence-electron chi connectivity index (χ4n) is 2.71. The quantitative estimate of drug-likeness (QED) is 0.414. The van der Waals surface area contributed by atoms with E-state index in [-0.39, 0.29) is 17.8 Å². The van der Waals surface area contributed by atoms with Crippen molar-refractivity contribution in [2.75, 3.05) is 0 Å². The summed E-state index contributed by atoms with van der Waals surface area (Å²) in [5, 5.41) is 0. The lowest BCUT2D eigenvalue weighted by molar-refractivity contribution is -0.0500. The average Bonchev–Trinajstić information content (AvgIpc) is 2.83. The van der Waals surface area contributed by atoms with E-state index < -0.39 is 21.4 Å². The van der Waals surface area contributed by atoms with Crippen molar-refractivity contribution in [2.24, 2.45) is 0 Å². The van der Waals surface area contributed by atoms with Gasteiger partial charge >= 0.3 is 15.6 Å². The van der Waals surface area contributed by atoms with Gasteiger partial charge in [-0.1, -0.05) is 32.3 Å². The normalized spacial score (nSPS) is 14.8. The Bertz CT molecular complexity index is 724. The van der Waals surface area contributed by atoms with Crippen LogP contribution in [0.25, 0.3) is 0 Å². The molecule has 1 aromatic rings. The highest BCUT2D eigenvalue weighted by Gasteiger charge is 2.49. The highest BCUT2D eigenvalue weighted by molar-refractivity contribution is 7.88. The van der Waals surface area contributed by atoms with E-state index in [1.807, 2.05) is 6.92 Å². The second-order valence-corrected chi connectivity index (χ2v) is 7.37. The first-order chi connectivity index (χ1) is 11.2. The monoisotopic (exact) mass is 364 g/mol. The molecule has 134 valence electrons. The summed E-state index contributed by atoms with van der Waals surface area (Å²) >= 11 is 0. The van der Waals surface area contributed by atoms with Crippen LogP contribution >= 0.6 is 0 Å². The van der Waals surface area contributed by atoms with E-state index in [1.165, 1.54) is 0 Å². The average molecular weight is 364 g/mol. The molecule has 8 heteroatoms. The predicted molar refractivity (Wildman–Crippen MR) is 82.5 cm³/mol. The zero-order valence-corrected chi connectivity index (χ0v) is 14.1. The molecule has 0 N–H and O–H groups in total. The van der Waals surface area contributed by atoms with Crippen LogP contribution < -0.4 is 4.18 Å². The summed E-state index contributed by atoms with van der Waals surface area (Å²) in [5.74, 6) is -0.602. The number of hydrogen-bond donors (Lipinski definition) is 0. The lowest BCUT2D eigenvalue weighted by Crippen LogP contribution is -2.28. The minimum atomic E-state index is -5.75. The van der Waals surface area contributed by atoms with E-state index in [0.717, 1.165) is 30.9 Å². The standard InChI is InChI=1S/C16H19F3O4S/c1-2-3-4-5-6-12-9-11-7-8-14(20)13(11)10-15(12)23-24(21,22)16(17,18)19/h9-10H,2-8H2,1H3. The van der Waals surface area contributed by atoms with E-state index in [0.29, 0.717) is 24.8 Å². The van der Waals surface area contributed by atoms with Gasteiger partial charge in [-0.3, -0.25) is 4.79 Å². The summed E-state index contributed by atoms with van der Waals surface area (Å²) in [7, 11) is -5.75. The molecule has 0 spiro atoms. The molecule has 0 aliphatic heterocycles. The molecule has 1 aliphatic carbocycles. The number of fused-ring (bicyclic) bond motifs is 1. The van der Waals surface area contributed by atoms with Crippen molar-refractivity contribution in [3.63, 3.8) is 0 Å². The maximum Gasteiger partial charge on any atom is 0.534 e. The van der Waals surface area contributed by atoms with Gasteiger partial charge in [-0.25, -0.2) is 0 Å². The van der Waals surface area contributed by atoms with E-state index in [1.54, 1.807) is 6.07 Å². The smallest absolute Gasteiger partial charge is 0.376 e. The third-order valence-electron chi connectivity index (χ3n) is 3.99. The topological polar surface area (TPSA) is 60.4 Å². The van der Waals surface area contributed by atoms with Crippen LogP contribution in [0.15, 0.2) is 12.1 Å². The molecule has 2 rings (SSSR count). The largest absolute Gasteiger partial charge is 0.534 e. The van der Waals surface area contributed by atoms with Gasteiger partial charge in [-0.2, -0.15) is 21.6 Å². The highest BCUT2D eigenvalue weighted by atomic mass is 32.2. The molecule has 0 unspecified atom stereocenters. The first-order valence-electron chi connectivity index (χ1n) is 7.85. The van der Waals surface area contributed by atoms with Crippen LogP contribution in [0.3, 0.4) is 0 Å². The van der Waals surface area contributed by atoms with Crippen molar-refractivity contribution in [3.05, 3.63) is 28.8 Å². The number of ketones is 1. The van der Waals surface area contributed by atoms with Crippen LogP contribution in [0.1, 0.15) is 60.5 Å². The first kappa shape index (κ1) is 18.8. The van der Waals surface area contributed by atoms with E-state index in [2.05, 4.69) is 4.18 Å². The number of Topliss-reactive ketones (excluding diaryl/α,β-unsaturated/α-hetero) is 1. The number of carbonyl (C=O) groups is 1. The molecule has 0 heterocycles. The second-order valence-electron chi connectivity index (χ2n) is 5.83. The third-order valence-corrected chi connectivity index (χ3v) is 4.96. The Labute approximate surface area is 139 Å². The second kappa shape index (κ2) is 7.13. The third kappa shape index (κ3) is 4.09. The Morgan fingerprint density at radius 2 is 1.83 bits per heavy atom. The molecule has 0 amide bonds.